The van der Waals surface area contributed by atoms with Gasteiger partial charge in [0.2, 0.25) is 0 Å². The van der Waals surface area contributed by atoms with Crippen LogP contribution in [0.15, 0.2) is 83.9 Å². The van der Waals surface area contributed by atoms with E-state index in [0.29, 0.717) is 36.2 Å². The second-order valence-corrected chi connectivity index (χ2v) is 14.5. The van der Waals surface area contributed by atoms with E-state index >= 15 is 0 Å². The van der Waals surface area contributed by atoms with Gasteiger partial charge in [-0.2, -0.15) is 0 Å². The van der Waals surface area contributed by atoms with E-state index in [0.717, 1.165) is 75.3 Å². The van der Waals surface area contributed by atoms with E-state index in [2.05, 4.69) is 76.2 Å². The van der Waals surface area contributed by atoms with Crippen LogP contribution in [-0.4, -0.2) is 25.2 Å². The third-order valence-corrected chi connectivity index (χ3v) is 11.2. The minimum atomic E-state index is -0.292. The smallest absolute Gasteiger partial charge is 0.338 e. The number of carbonyl (C=O) groups is 2. The normalized spacial score (nSPS) is 16.9. The maximum absolute atomic E-state index is 12.7. The van der Waals surface area contributed by atoms with Gasteiger partial charge in [-0.05, 0) is 144 Å². The second kappa shape index (κ2) is 16.9. The zero-order valence-electron chi connectivity index (χ0n) is 32.2. The van der Waals surface area contributed by atoms with Crippen LogP contribution in [0.4, 0.5) is 0 Å². The van der Waals surface area contributed by atoms with Gasteiger partial charge in [-0.1, -0.05) is 113 Å². The Labute approximate surface area is 311 Å². The molecule has 0 N–H and O–H groups in total. The van der Waals surface area contributed by atoms with Crippen molar-refractivity contribution in [3.63, 3.8) is 0 Å². The highest BCUT2D eigenvalue weighted by Gasteiger charge is 2.41. The number of benzene rings is 4. The summed E-state index contributed by atoms with van der Waals surface area (Å²) in [6, 6.07) is 25.4. The highest BCUT2D eigenvalue weighted by atomic mass is 16.5. The Kier molecular flexibility index (Phi) is 12.1. The fourth-order valence-corrected chi connectivity index (χ4v) is 9.20. The summed E-state index contributed by atoms with van der Waals surface area (Å²) in [6.07, 6.45) is 10.7. The van der Waals surface area contributed by atoms with Gasteiger partial charge < -0.3 is 9.47 Å². The Balaban J connectivity index is 1.63. The Morgan fingerprint density at radius 2 is 0.885 bits per heavy atom. The highest BCUT2D eigenvalue weighted by Crippen LogP contribution is 2.55. The van der Waals surface area contributed by atoms with Crippen molar-refractivity contribution in [2.75, 3.05) is 13.2 Å². The van der Waals surface area contributed by atoms with E-state index in [1.807, 2.05) is 38.1 Å². The van der Waals surface area contributed by atoms with Crippen molar-refractivity contribution in [2.24, 2.45) is 11.8 Å². The van der Waals surface area contributed by atoms with Crippen molar-refractivity contribution in [1.29, 1.82) is 0 Å². The minimum absolute atomic E-state index is 0.292. The van der Waals surface area contributed by atoms with Gasteiger partial charge in [0.25, 0.3) is 0 Å². The molecule has 0 fully saturated rings. The average Bonchev–Trinajstić information content (AvgIpc) is 3.16. The molecule has 0 aliphatic heterocycles. The number of hydrogen-bond acceptors (Lipinski definition) is 4. The molecule has 2 atom stereocenters. The zero-order chi connectivity index (χ0) is 36.8. The van der Waals surface area contributed by atoms with Gasteiger partial charge in [0.1, 0.15) is 0 Å². The Morgan fingerprint density at radius 1 is 0.519 bits per heavy atom. The largest absolute Gasteiger partial charge is 0.462 e. The van der Waals surface area contributed by atoms with Crippen LogP contribution in [-0.2, 0) is 35.2 Å². The summed E-state index contributed by atoms with van der Waals surface area (Å²) in [6.45, 7) is 13.6. The van der Waals surface area contributed by atoms with Gasteiger partial charge in [0.15, 0.2) is 0 Å². The SMILES string of the molecule is CCCC1=C(c2ccc(C(=O)OCC)cc2)C(c2ccc(C(=O)OCC)cc2)=C(CCC)C2Cc3c(c(CCC)c4ccccc4c3CCC)CC12. The fourth-order valence-electron chi connectivity index (χ4n) is 9.20. The van der Waals surface area contributed by atoms with Crippen LogP contribution in [0, 0.1) is 11.8 Å². The average molecular weight is 697 g/mol. The van der Waals surface area contributed by atoms with Crippen molar-refractivity contribution in [3.8, 4) is 0 Å². The zero-order valence-corrected chi connectivity index (χ0v) is 32.2. The Morgan fingerprint density at radius 3 is 1.21 bits per heavy atom. The molecule has 0 amide bonds. The summed E-state index contributed by atoms with van der Waals surface area (Å²) < 4.78 is 10.7. The molecular formula is C48H56O4. The number of aryl methyl sites for hydroxylation is 2. The molecule has 0 bridgehead atoms. The van der Waals surface area contributed by atoms with Crippen LogP contribution in [0.1, 0.15) is 134 Å². The summed E-state index contributed by atoms with van der Waals surface area (Å²) in [5, 5.41) is 2.90. The van der Waals surface area contributed by atoms with E-state index < -0.39 is 0 Å². The minimum Gasteiger partial charge on any atom is -0.462 e. The number of hydrogen-bond donors (Lipinski definition) is 0. The van der Waals surface area contributed by atoms with Gasteiger partial charge >= 0.3 is 11.9 Å². The van der Waals surface area contributed by atoms with E-state index in [1.165, 1.54) is 33.1 Å². The first-order valence-corrected chi connectivity index (χ1v) is 20.0. The lowest BCUT2D eigenvalue weighted by Gasteiger charge is -2.44. The third-order valence-electron chi connectivity index (χ3n) is 11.2. The number of allylic oxidation sites excluding steroid dienone is 4. The molecule has 6 rings (SSSR count). The standard InChI is InChI=1S/C48H56O4/c1-7-15-35-37-19-13-14-20-38(37)36(16-8-2)42-30-44-40(18-10-4)46(32-23-27-34(28-24-32)48(50)52-12-6)45(39(17-9-3)43(44)29-41(35)42)31-21-25-33(26-22-31)47(49)51-11-5/h13-14,19-28,43-44H,7-12,15-18,29-30H2,1-6H3. The van der Waals surface area contributed by atoms with E-state index in [-0.39, 0.29) is 11.9 Å². The molecule has 0 saturated heterocycles. The molecule has 272 valence electrons. The van der Waals surface area contributed by atoms with E-state index in [9.17, 15) is 9.59 Å². The first kappa shape index (κ1) is 37.3. The quantitative estimate of drug-likeness (QED) is 0.123. The topological polar surface area (TPSA) is 52.6 Å². The second-order valence-electron chi connectivity index (χ2n) is 14.5. The van der Waals surface area contributed by atoms with Crippen LogP contribution < -0.4 is 0 Å². The Bertz CT molecular complexity index is 1830. The maximum Gasteiger partial charge on any atom is 0.338 e. The number of carbonyl (C=O) groups excluding carboxylic acids is 2. The lowest BCUT2D eigenvalue weighted by molar-refractivity contribution is 0.0516. The van der Waals surface area contributed by atoms with E-state index in [1.54, 1.807) is 22.3 Å². The molecule has 4 heteroatoms. The molecule has 2 aliphatic rings. The predicted octanol–water partition coefficient (Wildman–Crippen LogP) is 12.0. The lowest BCUT2D eigenvalue weighted by Crippen LogP contribution is -2.34. The first-order chi connectivity index (χ1) is 25.4. The van der Waals surface area contributed by atoms with Crippen LogP contribution in [0.2, 0.25) is 0 Å². The molecule has 4 aromatic rings. The number of rotatable bonds is 14. The fraction of sp³-hybridized carbons (Fsp3) is 0.417. The van der Waals surface area contributed by atoms with Gasteiger partial charge in [-0.15, -0.1) is 0 Å². The highest BCUT2D eigenvalue weighted by molar-refractivity contribution is 6.09. The molecule has 4 aromatic carbocycles. The first-order valence-electron chi connectivity index (χ1n) is 20.0. The molecule has 2 unspecified atom stereocenters. The summed E-state index contributed by atoms with van der Waals surface area (Å²) >= 11 is 0. The molecule has 0 saturated carbocycles. The molecule has 52 heavy (non-hydrogen) atoms. The number of fused-ring (bicyclic) bond motifs is 3. The summed E-state index contributed by atoms with van der Waals surface area (Å²) in [7, 11) is 0. The molecule has 0 aromatic heterocycles. The molecule has 0 heterocycles. The van der Waals surface area contributed by atoms with Crippen LogP contribution in [0.3, 0.4) is 0 Å². The summed E-state index contributed by atoms with van der Waals surface area (Å²) in [5.41, 5.74) is 15.4. The maximum atomic E-state index is 12.7. The summed E-state index contributed by atoms with van der Waals surface area (Å²) in [4.78, 5) is 25.5. The third kappa shape index (κ3) is 7.14. The van der Waals surface area contributed by atoms with Crippen LogP contribution in [0.5, 0.6) is 0 Å². The van der Waals surface area contributed by atoms with Crippen LogP contribution >= 0.6 is 0 Å². The predicted molar refractivity (Wildman–Crippen MR) is 215 cm³/mol. The molecule has 0 spiro atoms. The number of ether oxygens (including phenoxy) is 2. The monoisotopic (exact) mass is 696 g/mol. The van der Waals surface area contributed by atoms with Gasteiger partial charge in [-0.25, -0.2) is 9.59 Å². The van der Waals surface area contributed by atoms with Gasteiger partial charge in [0.05, 0.1) is 24.3 Å². The molecule has 2 aliphatic carbocycles. The van der Waals surface area contributed by atoms with Gasteiger partial charge in [0, 0.05) is 0 Å². The van der Waals surface area contributed by atoms with Crippen molar-refractivity contribution < 1.29 is 19.1 Å². The van der Waals surface area contributed by atoms with Crippen molar-refractivity contribution in [1.82, 2.24) is 0 Å². The summed E-state index contributed by atoms with van der Waals surface area (Å²) in [5.74, 6) is 0.199. The van der Waals surface area contributed by atoms with Crippen molar-refractivity contribution in [2.45, 2.75) is 106 Å². The number of esters is 2. The van der Waals surface area contributed by atoms with Crippen molar-refractivity contribution >= 4 is 33.9 Å². The molecular weight excluding hydrogens is 641 g/mol. The van der Waals surface area contributed by atoms with Crippen LogP contribution in [0.25, 0.3) is 21.9 Å². The molecule has 0 radical (unpaired) electrons. The molecule has 4 nitrogen and oxygen atoms in total. The van der Waals surface area contributed by atoms with E-state index in [4.69, 9.17) is 9.47 Å². The lowest BCUT2D eigenvalue weighted by atomic mass is 9.59. The Hall–Kier alpha value is -4.44. The van der Waals surface area contributed by atoms with Crippen molar-refractivity contribution in [3.05, 3.63) is 128 Å². The van der Waals surface area contributed by atoms with Gasteiger partial charge in [-0.3, -0.25) is 0 Å².